The minimum atomic E-state index is -4.63. The average Bonchev–Trinajstić information content (AvgIpc) is 2.74. The standard InChI is InChI=1S/C21H18F3N3O2S/c1-13(19(28)25-15-8-10-16(29-2)11-9-15)30-20-26-17(14-6-4-3-5-7-14)12-18(27-20)21(22,23)24/h3-13H,1-2H3,(H,25,28)/t13-/m0/s1. The smallest absolute Gasteiger partial charge is 0.433 e. The Morgan fingerprint density at radius 1 is 1.07 bits per heavy atom. The molecule has 0 radical (unpaired) electrons. The first-order valence-corrected chi connectivity index (χ1v) is 9.77. The molecule has 0 aliphatic heterocycles. The lowest BCUT2D eigenvalue weighted by atomic mass is 10.1. The van der Waals surface area contributed by atoms with Crippen LogP contribution in [-0.4, -0.2) is 28.2 Å². The summed E-state index contributed by atoms with van der Waals surface area (Å²) in [6, 6.07) is 16.1. The first-order chi connectivity index (χ1) is 14.3. The van der Waals surface area contributed by atoms with Gasteiger partial charge in [-0.05, 0) is 37.3 Å². The van der Waals surface area contributed by atoms with Crippen LogP contribution < -0.4 is 10.1 Å². The molecule has 0 aliphatic carbocycles. The van der Waals surface area contributed by atoms with Crippen molar-refractivity contribution >= 4 is 23.4 Å². The zero-order valence-corrected chi connectivity index (χ0v) is 16.9. The number of ether oxygens (including phenoxy) is 1. The van der Waals surface area contributed by atoms with Gasteiger partial charge in [0, 0.05) is 11.3 Å². The zero-order valence-electron chi connectivity index (χ0n) is 16.1. The summed E-state index contributed by atoms with van der Waals surface area (Å²) in [6.45, 7) is 1.58. The van der Waals surface area contributed by atoms with Crippen LogP contribution in [-0.2, 0) is 11.0 Å². The summed E-state index contributed by atoms with van der Waals surface area (Å²) in [6.07, 6.45) is -4.63. The third kappa shape index (κ3) is 5.50. The van der Waals surface area contributed by atoms with E-state index in [1.165, 1.54) is 7.11 Å². The number of amides is 1. The summed E-state index contributed by atoms with van der Waals surface area (Å²) in [5.41, 5.74) is 0.163. The van der Waals surface area contributed by atoms with Crippen LogP contribution in [0.4, 0.5) is 18.9 Å². The van der Waals surface area contributed by atoms with E-state index < -0.39 is 17.1 Å². The number of methoxy groups -OCH3 is 1. The van der Waals surface area contributed by atoms with Gasteiger partial charge in [-0.15, -0.1) is 0 Å². The number of alkyl halides is 3. The molecular weight excluding hydrogens is 415 g/mol. The minimum absolute atomic E-state index is 0.124. The molecule has 0 saturated heterocycles. The van der Waals surface area contributed by atoms with Crippen molar-refractivity contribution in [3.63, 3.8) is 0 Å². The SMILES string of the molecule is COc1ccc(NC(=O)[C@H](C)Sc2nc(-c3ccccc3)cc(C(F)(F)F)n2)cc1. The molecule has 156 valence electrons. The summed E-state index contributed by atoms with van der Waals surface area (Å²) < 4.78 is 45.0. The molecule has 3 rings (SSSR count). The summed E-state index contributed by atoms with van der Waals surface area (Å²) in [5, 5.41) is 1.86. The van der Waals surface area contributed by atoms with Gasteiger partial charge in [0.1, 0.15) is 11.4 Å². The van der Waals surface area contributed by atoms with E-state index in [0.29, 0.717) is 17.0 Å². The Hall–Kier alpha value is -3.07. The normalized spacial score (nSPS) is 12.3. The zero-order chi connectivity index (χ0) is 21.7. The topological polar surface area (TPSA) is 64.1 Å². The van der Waals surface area contributed by atoms with Crippen molar-refractivity contribution < 1.29 is 22.7 Å². The molecule has 0 fully saturated rings. The number of aromatic nitrogens is 2. The number of nitrogens with one attached hydrogen (secondary N) is 1. The van der Waals surface area contributed by atoms with Crippen LogP contribution in [0.25, 0.3) is 11.3 Å². The fourth-order valence-electron chi connectivity index (χ4n) is 2.51. The van der Waals surface area contributed by atoms with Crippen molar-refractivity contribution in [2.75, 3.05) is 12.4 Å². The van der Waals surface area contributed by atoms with Crippen molar-refractivity contribution in [2.24, 2.45) is 0 Å². The third-order valence-electron chi connectivity index (χ3n) is 4.07. The van der Waals surface area contributed by atoms with Crippen LogP contribution in [0.3, 0.4) is 0 Å². The Kier molecular flexibility index (Phi) is 6.61. The van der Waals surface area contributed by atoms with Gasteiger partial charge in [-0.1, -0.05) is 42.1 Å². The van der Waals surface area contributed by atoms with E-state index in [2.05, 4.69) is 15.3 Å². The molecule has 1 heterocycles. The van der Waals surface area contributed by atoms with Crippen LogP contribution in [0.1, 0.15) is 12.6 Å². The van der Waals surface area contributed by atoms with Gasteiger partial charge in [0.25, 0.3) is 0 Å². The monoisotopic (exact) mass is 433 g/mol. The lowest BCUT2D eigenvalue weighted by Gasteiger charge is -2.14. The fourth-order valence-corrected chi connectivity index (χ4v) is 3.29. The van der Waals surface area contributed by atoms with Crippen LogP contribution in [0.5, 0.6) is 5.75 Å². The number of carbonyl (C=O) groups excluding carboxylic acids is 1. The number of hydrogen-bond acceptors (Lipinski definition) is 5. The Balaban J connectivity index is 1.80. The molecule has 0 aliphatic rings. The van der Waals surface area contributed by atoms with Gasteiger partial charge >= 0.3 is 6.18 Å². The lowest BCUT2D eigenvalue weighted by molar-refractivity contribution is -0.141. The molecule has 1 amide bonds. The van der Waals surface area contributed by atoms with Gasteiger partial charge in [0.05, 0.1) is 18.1 Å². The number of hydrogen-bond donors (Lipinski definition) is 1. The van der Waals surface area contributed by atoms with E-state index in [1.807, 2.05) is 0 Å². The fraction of sp³-hybridized carbons (Fsp3) is 0.190. The Bertz CT molecular complexity index is 1010. The molecule has 0 unspecified atom stereocenters. The second-order valence-corrected chi connectivity index (χ2v) is 7.57. The summed E-state index contributed by atoms with van der Waals surface area (Å²) >= 11 is 0.859. The Morgan fingerprint density at radius 3 is 2.33 bits per heavy atom. The van der Waals surface area contributed by atoms with Gasteiger partial charge in [0.15, 0.2) is 5.16 Å². The molecule has 0 saturated carbocycles. The highest BCUT2D eigenvalue weighted by Crippen LogP contribution is 2.33. The van der Waals surface area contributed by atoms with Crippen molar-refractivity contribution in [3.05, 3.63) is 66.4 Å². The predicted molar refractivity (Wildman–Crippen MR) is 109 cm³/mol. The molecule has 1 atom stereocenters. The van der Waals surface area contributed by atoms with Crippen LogP contribution in [0, 0.1) is 0 Å². The van der Waals surface area contributed by atoms with Crippen LogP contribution >= 0.6 is 11.8 Å². The van der Waals surface area contributed by atoms with E-state index in [0.717, 1.165) is 17.8 Å². The van der Waals surface area contributed by atoms with Gasteiger partial charge < -0.3 is 10.1 Å². The number of rotatable bonds is 6. The third-order valence-corrected chi connectivity index (χ3v) is 5.04. The molecule has 2 aromatic carbocycles. The van der Waals surface area contributed by atoms with E-state index >= 15 is 0 Å². The summed E-state index contributed by atoms with van der Waals surface area (Å²) in [5.74, 6) is 0.258. The van der Waals surface area contributed by atoms with Gasteiger partial charge in [0.2, 0.25) is 5.91 Å². The highest BCUT2D eigenvalue weighted by molar-refractivity contribution is 8.00. The summed E-state index contributed by atoms with van der Waals surface area (Å²) in [4.78, 5) is 20.3. The molecular formula is C21H18F3N3O2S. The van der Waals surface area contributed by atoms with Crippen molar-refractivity contribution in [3.8, 4) is 17.0 Å². The van der Waals surface area contributed by atoms with E-state index in [9.17, 15) is 18.0 Å². The highest BCUT2D eigenvalue weighted by Gasteiger charge is 2.34. The second-order valence-electron chi connectivity index (χ2n) is 6.26. The van der Waals surface area contributed by atoms with Crippen molar-refractivity contribution in [1.82, 2.24) is 9.97 Å². The number of benzene rings is 2. The largest absolute Gasteiger partial charge is 0.497 e. The number of carbonyl (C=O) groups is 1. The first kappa shape index (κ1) is 21.6. The van der Waals surface area contributed by atoms with Crippen molar-refractivity contribution in [2.45, 2.75) is 23.5 Å². The van der Waals surface area contributed by atoms with Gasteiger partial charge in [-0.25, -0.2) is 9.97 Å². The Morgan fingerprint density at radius 2 is 1.73 bits per heavy atom. The van der Waals surface area contributed by atoms with Crippen LogP contribution in [0.2, 0.25) is 0 Å². The second kappa shape index (κ2) is 9.17. The number of nitrogens with zero attached hydrogens (tertiary/aromatic N) is 2. The number of anilines is 1. The molecule has 1 aromatic heterocycles. The van der Waals surface area contributed by atoms with E-state index in [1.54, 1.807) is 61.5 Å². The number of halogens is 3. The molecule has 3 aromatic rings. The highest BCUT2D eigenvalue weighted by atomic mass is 32.2. The molecule has 0 spiro atoms. The lowest BCUT2D eigenvalue weighted by Crippen LogP contribution is -2.23. The molecule has 0 bridgehead atoms. The van der Waals surface area contributed by atoms with Gasteiger partial charge in [-0.3, -0.25) is 4.79 Å². The average molecular weight is 433 g/mol. The van der Waals surface area contributed by atoms with Gasteiger partial charge in [-0.2, -0.15) is 13.2 Å². The quantitative estimate of drug-likeness (QED) is 0.423. The maximum absolute atomic E-state index is 13.3. The summed E-state index contributed by atoms with van der Waals surface area (Å²) in [7, 11) is 1.53. The van der Waals surface area contributed by atoms with E-state index in [4.69, 9.17) is 4.74 Å². The maximum atomic E-state index is 13.3. The first-order valence-electron chi connectivity index (χ1n) is 8.89. The molecule has 9 heteroatoms. The molecule has 1 N–H and O–H groups in total. The predicted octanol–water partition coefficient (Wildman–Crippen LogP) is 5.29. The maximum Gasteiger partial charge on any atom is 0.433 e. The van der Waals surface area contributed by atoms with Crippen molar-refractivity contribution in [1.29, 1.82) is 0 Å². The van der Waals surface area contributed by atoms with Crippen LogP contribution in [0.15, 0.2) is 65.8 Å². The molecule has 30 heavy (non-hydrogen) atoms. The van der Waals surface area contributed by atoms with E-state index in [-0.39, 0.29) is 16.8 Å². The Labute approximate surface area is 175 Å². The number of thioether (sulfide) groups is 1. The molecule has 5 nitrogen and oxygen atoms in total. The minimum Gasteiger partial charge on any atom is -0.497 e.